The average Bonchev–Trinajstić information content (AvgIpc) is 3.24. The molecule has 1 aliphatic heterocycles. The first kappa shape index (κ1) is 17.4. The van der Waals surface area contributed by atoms with E-state index in [4.69, 9.17) is 0 Å². The van der Waals surface area contributed by atoms with Crippen molar-refractivity contribution in [3.8, 4) is 0 Å². The molecule has 1 aromatic carbocycles. The number of hydrogen-bond acceptors (Lipinski definition) is 4. The average molecular weight is 345 g/mol. The standard InChI is InChI=1S/C18H24FN5O/c1-12(2)15-4-3-9-24(15)16-6-5-13(10-14(16)19)22-18(25)8-7-17-20-11-21-23-17/h5-6,10-12,15H,3-4,7-9H2,1-2H3,(H,22,25)(H,20,21,23)/t15-/m0/s1. The first-order valence-corrected chi connectivity index (χ1v) is 8.75. The summed E-state index contributed by atoms with van der Waals surface area (Å²) >= 11 is 0. The lowest BCUT2D eigenvalue weighted by Crippen LogP contribution is -2.33. The van der Waals surface area contributed by atoms with Crippen molar-refractivity contribution in [2.45, 2.75) is 45.6 Å². The van der Waals surface area contributed by atoms with Gasteiger partial charge in [-0.2, -0.15) is 5.10 Å². The van der Waals surface area contributed by atoms with Crippen molar-refractivity contribution >= 4 is 17.3 Å². The summed E-state index contributed by atoms with van der Waals surface area (Å²) in [6.07, 6.45) is 4.32. The number of aromatic amines is 1. The van der Waals surface area contributed by atoms with Crippen LogP contribution in [-0.4, -0.2) is 33.7 Å². The first-order chi connectivity index (χ1) is 12.0. The summed E-state index contributed by atoms with van der Waals surface area (Å²) in [7, 11) is 0. The Morgan fingerprint density at radius 3 is 3.00 bits per heavy atom. The summed E-state index contributed by atoms with van der Waals surface area (Å²) in [6, 6.07) is 5.30. The number of carbonyl (C=O) groups is 1. The summed E-state index contributed by atoms with van der Waals surface area (Å²) in [6.45, 7) is 5.22. The maximum absolute atomic E-state index is 14.6. The second-order valence-corrected chi connectivity index (χ2v) is 6.79. The molecule has 1 atom stereocenters. The fourth-order valence-electron chi connectivity index (χ4n) is 3.41. The van der Waals surface area contributed by atoms with Crippen LogP contribution in [-0.2, 0) is 11.2 Å². The van der Waals surface area contributed by atoms with Crippen LogP contribution in [0, 0.1) is 11.7 Å². The number of benzene rings is 1. The molecule has 2 aromatic rings. The van der Waals surface area contributed by atoms with Crippen molar-refractivity contribution in [3.63, 3.8) is 0 Å². The normalized spacial score (nSPS) is 17.3. The van der Waals surface area contributed by atoms with Gasteiger partial charge in [-0.25, -0.2) is 9.37 Å². The summed E-state index contributed by atoms with van der Waals surface area (Å²) in [5, 5.41) is 9.19. The highest BCUT2D eigenvalue weighted by Crippen LogP contribution is 2.32. The number of aromatic nitrogens is 3. The van der Waals surface area contributed by atoms with Gasteiger partial charge in [0.2, 0.25) is 5.91 Å². The monoisotopic (exact) mass is 345 g/mol. The second kappa shape index (κ2) is 7.63. The zero-order valence-electron chi connectivity index (χ0n) is 14.6. The van der Waals surface area contributed by atoms with Crippen molar-refractivity contribution in [3.05, 3.63) is 36.2 Å². The molecular formula is C18H24FN5O. The van der Waals surface area contributed by atoms with Gasteiger partial charge in [-0.3, -0.25) is 9.89 Å². The minimum absolute atomic E-state index is 0.176. The van der Waals surface area contributed by atoms with Crippen LogP contribution in [0.2, 0.25) is 0 Å². The fraction of sp³-hybridized carbons (Fsp3) is 0.500. The molecule has 2 heterocycles. The molecule has 0 saturated carbocycles. The number of halogens is 1. The Morgan fingerprint density at radius 1 is 1.48 bits per heavy atom. The van der Waals surface area contributed by atoms with Gasteiger partial charge < -0.3 is 10.2 Å². The lowest BCUT2D eigenvalue weighted by Gasteiger charge is -2.30. The van der Waals surface area contributed by atoms with E-state index in [1.165, 1.54) is 12.4 Å². The maximum Gasteiger partial charge on any atom is 0.224 e. The minimum Gasteiger partial charge on any atom is -0.366 e. The predicted octanol–water partition coefficient (Wildman–Crippen LogP) is 3.14. The molecule has 1 amide bonds. The number of hydrogen-bond donors (Lipinski definition) is 2. The third-order valence-electron chi connectivity index (χ3n) is 4.66. The van der Waals surface area contributed by atoms with Gasteiger partial charge in [0.25, 0.3) is 0 Å². The largest absolute Gasteiger partial charge is 0.366 e. The van der Waals surface area contributed by atoms with Gasteiger partial charge in [0.15, 0.2) is 0 Å². The van der Waals surface area contributed by atoms with Crippen LogP contribution in [0.25, 0.3) is 0 Å². The second-order valence-electron chi connectivity index (χ2n) is 6.79. The van der Waals surface area contributed by atoms with E-state index in [2.05, 4.69) is 39.2 Å². The number of amides is 1. The predicted molar refractivity (Wildman–Crippen MR) is 94.9 cm³/mol. The molecular weight excluding hydrogens is 321 g/mol. The third kappa shape index (κ3) is 4.15. The number of nitrogens with one attached hydrogen (secondary N) is 2. The summed E-state index contributed by atoms with van der Waals surface area (Å²) < 4.78 is 14.6. The summed E-state index contributed by atoms with van der Waals surface area (Å²) in [4.78, 5) is 18.1. The quantitative estimate of drug-likeness (QED) is 0.843. The van der Waals surface area contributed by atoms with Crippen molar-refractivity contribution in [2.24, 2.45) is 5.92 Å². The SMILES string of the molecule is CC(C)[C@@H]1CCCN1c1ccc(NC(=O)CCc2ncn[nH]2)cc1F. The summed E-state index contributed by atoms with van der Waals surface area (Å²) in [5.41, 5.74) is 1.10. The molecule has 1 fully saturated rings. The Balaban J connectivity index is 1.62. The first-order valence-electron chi connectivity index (χ1n) is 8.75. The van der Waals surface area contributed by atoms with Gasteiger partial charge in [-0.1, -0.05) is 13.8 Å². The van der Waals surface area contributed by atoms with E-state index >= 15 is 0 Å². The van der Waals surface area contributed by atoms with Crippen LogP contribution >= 0.6 is 0 Å². The Kier molecular flexibility index (Phi) is 5.31. The van der Waals surface area contributed by atoms with Crippen LogP contribution in [0.3, 0.4) is 0 Å². The Morgan fingerprint density at radius 2 is 2.32 bits per heavy atom. The van der Waals surface area contributed by atoms with Crippen molar-refractivity contribution in [2.75, 3.05) is 16.8 Å². The van der Waals surface area contributed by atoms with E-state index in [0.717, 1.165) is 19.4 Å². The number of rotatable bonds is 6. The molecule has 1 aliphatic rings. The zero-order chi connectivity index (χ0) is 17.8. The van der Waals surface area contributed by atoms with Crippen molar-refractivity contribution in [1.82, 2.24) is 15.2 Å². The van der Waals surface area contributed by atoms with Crippen LogP contribution in [0.4, 0.5) is 15.8 Å². The fourth-order valence-corrected chi connectivity index (χ4v) is 3.41. The zero-order valence-corrected chi connectivity index (χ0v) is 14.6. The molecule has 2 N–H and O–H groups in total. The van der Waals surface area contributed by atoms with Gasteiger partial charge >= 0.3 is 0 Å². The molecule has 25 heavy (non-hydrogen) atoms. The lowest BCUT2D eigenvalue weighted by molar-refractivity contribution is -0.116. The minimum atomic E-state index is -0.291. The van der Waals surface area contributed by atoms with E-state index < -0.39 is 0 Å². The molecule has 134 valence electrons. The highest BCUT2D eigenvalue weighted by atomic mass is 19.1. The molecule has 0 unspecified atom stereocenters. The highest BCUT2D eigenvalue weighted by Gasteiger charge is 2.28. The van der Waals surface area contributed by atoms with Gasteiger partial charge in [-0.05, 0) is 37.0 Å². The van der Waals surface area contributed by atoms with E-state index in [1.807, 2.05) is 0 Å². The highest BCUT2D eigenvalue weighted by molar-refractivity contribution is 5.91. The van der Waals surface area contributed by atoms with Crippen LogP contribution in [0.5, 0.6) is 0 Å². The third-order valence-corrected chi connectivity index (χ3v) is 4.66. The molecule has 0 aliphatic carbocycles. The molecule has 1 aromatic heterocycles. The Bertz CT molecular complexity index is 716. The maximum atomic E-state index is 14.6. The van der Waals surface area contributed by atoms with E-state index in [0.29, 0.717) is 35.6 Å². The molecule has 3 rings (SSSR count). The molecule has 0 radical (unpaired) electrons. The van der Waals surface area contributed by atoms with Crippen molar-refractivity contribution < 1.29 is 9.18 Å². The van der Waals surface area contributed by atoms with Gasteiger partial charge in [0, 0.05) is 31.1 Å². The summed E-state index contributed by atoms with van der Waals surface area (Å²) in [5.74, 6) is 0.674. The van der Waals surface area contributed by atoms with Crippen molar-refractivity contribution in [1.29, 1.82) is 0 Å². The van der Waals surface area contributed by atoms with E-state index in [-0.39, 0.29) is 18.1 Å². The number of anilines is 2. The molecule has 0 bridgehead atoms. The van der Waals surface area contributed by atoms with E-state index in [9.17, 15) is 9.18 Å². The van der Waals surface area contributed by atoms with Gasteiger partial charge in [0.05, 0.1) is 5.69 Å². The van der Waals surface area contributed by atoms with E-state index in [1.54, 1.807) is 12.1 Å². The lowest BCUT2D eigenvalue weighted by atomic mass is 10.0. The van der Waals surface area contributed by atoms with Crippen LogP contribution in [0.15, 0.2) is 24.5 Å². The molecule has 6 nitrogen and oxygen atoms in total. The topological polar surface area (TPSA) is 73.9 Å². The molecule has 0 spiro atoms. The Labute approximate surface area is 146 Å². The van der Waals surface area contributed by atoms with Gasteiger partial charge in [-0.15, -0.1) is 0 Å². The Hall–Kier alpha value is -2.44. The number of H-pyrrole nitrogens is 1. The molecule has 7 heteroatoms. The number of carbonyl (C=O) groups excluding carboxylic acids is 1. The van der Waals surface area contributed by atoms with Gasteiger partial charge in [0.1, 0.15) is 18.0 Å². The number of aryl methyl sites for hydroxylation is 1. The number of nitrogens with zero attached hydrogens (tertiary/aromatic N) is 3. The smallest absolute Gasteiger partial charge is 0.224 e. The molecule has 1 saturated heterocycles. The van der Waals surface area contributed by atoms with Crippen LogP contribution < -0.4 is 10.2 Å². The van der Waals surface area contributed by atoms with Crippen LogP contribution in [0.1, 0.15) is 38.9 Å².